The minimum Gasteiger partial charge on any atom is -0.314 e. The van der Waals surface area contributed by atoms with E-state index in [0.717, 1.165) is 31.7 Å². The van der Waals surface area contributed by atoms with Crippen molar-refractivity contribution in [3.05, 3.63) is 34.9 Å². The van der Waals surface area contributed by atoms with Crippen LogP contribution in [0.25, 0.3) is 0 Å². The second-order valence-corrected chi connectivity index (χ2v) is 7.22. The topological polar surface area (TPSA) is 61.4 Å². The molecule has 0 amide bonds. The Kier molecular flexibility index (Phi) is 5.80. The molecule has 0 aromatic heterocycles. The largest absolute Gasteiger partial charge is 0.314 e. The van der Waals surface area contributed by atoms with Gasteiger partial charge >= 0.3 is 0 Å². The number of benzene rings is 1. The summed E-state index contributed by atoms with van der Waals surface area (Å²) in [6.07, 6.45) is 0. The minimum atomic E-state index is -3.25. The first-order valence-electron chi connectivity index (χ1n) is 6.70. The van der Waals surface area contributed by atoms with E-state index in [2.05, 4.69) is 14.9 Å². The highest BCUT2D eigenvalue weighted by atomic mass is 35.5. The molecule has 1 saturated heterocycles. The molecule has 2 N–H and O–H groups in total. The van der Waals surface area contributed by atoms with Gasteiger partial charge in [0.1, 0.15) is 0 Å². The lowest BCUT2D eigenvalue weighted by Gasteiger charge is -2.26. The molecule has 112 valence electrons. The smallest absolute Gasteiger partial charge is 0.213 e. The maximum Gasteiger partial charge on any atom is 0.213 e. The lowest BCUT2D eigenvalue weighted by atomic mass is 10.2. The second kappa shape index (κ2) is 7.38. The lowest BCUT2D eigenvalue weighted by Crippen LogP contribution is -2.45. The van der Waals surface area contributed by atoms with Crippen LogP contribution < -0.4 is 10.0 Å². The molecule has 1 aliphatic heterocycles. The van der Waals surface area contributed by atoms with Crippen LogP contribution in [0.2, 0.25) is 5.02 Å². The Morgan fingerprint density at radius 3 is 2.75 bits per heavy atom. The van der Waals surface area contributed by atoms with E-state index in [-0.39, 0.29) is 12.3 Å². The van der Waals surface area contributed by atoms with Crippen LogP contribution in [0, 0.1) is 0 Å². The average Bonchev–Trinajstić information content (AvgIpc) is 2.45. The van der Waals surface area contributed by atoms with E-state index in [9.17, 15) is 8.42 Å². The van der Waals surface area contributed by atoms with Crippen molar-refractivity contribution < 1.29 is 8.42 Å². The van der Waals surface area contributed by atoms with Crippen LogP contribution in [-0.2, 0) is 16.6 Å². The first-order chi connectivity index (χ1) is 9.55. The van der Waals surface area contributed by atoms with Gasteiger partial charge in [0.05, 0.1) is 5.75 Å². The molecule has 0 radical (unpaired) electrons. The van der Waals surface area contributed by atoms with Crippen molar-refractivity contribution in [2.24, 2.45) is 0 Å². The Bertz CT molecular complexity index is 530. The van der Waals surface area contributed by atoms with Gasteiger partial charge < -0.3 is 5.32 Å². The third-order valence-corrected chi connectivity index (χ3v) is 4.81. The van der Waals surface area contributed by atoms with Gasteiger partial charge in [0.15, 0.2) is 0 Å². The fraction of sp³-hybridized carbons (Fsp3) is 0.538. The van der Waals surface area contributed by atoms with Gasteiger partial charge in [-0.2, -0.15) is 0 Å². The fourth-order valence-electron chi connectivity index (χ4n) is 2.10. The molecule has 0 atom stereocenters. The van der Waals surface area contributed by atoms with Crippen LogP contribution in [-0.4, -0.2) is 51.8 Å². The molecule has 0 spiro atoms. The van der Waals surface area contributed by atoms with Crippen LogP contribution in [0.1, 0.15) is 5.56 Å². The quantitative estimate of drug-likeness (QED) is 0.809. The SMILES string of the molecule is O=S(=O)(CCN1CCNCC1)NCc1cccc(Cl)c1. The van der Waals surface area contributed by atoms with E-state index < -0.39 is 10.0 Å². The highest BCUT2D eigenvalue weighted by Crippen LogP contribution is 2.10. The first-order valence-corrected chi connectivity index (χ1v) is 8.73. The number of sulfonamides is 1. The highest BCUT2D eigenvalue weighted by molar-refractivity contribution is 7.89. The van der Waals surface area contributed by atoms with Crippen molar-refractivity contribution in [2.75, 3.05) is 38.5 Å². The van der Waals surface area contributed by atoms with E-state index in [1.807, 2.05) is 12.1 Å². The molecule has 1 aliphatic rings. The zero-order valence-corrected chi connectivity index (χ0v) is 12.9. The van der Waals surface area contributed by atoms with Crippen LogP contribution >= 0.6 is 11.6 Å². The van der Waals surface area contributed by atoms with Gasteiger partial charge in [-0.1, -0.05) is 23.7 Å². The number of piperazine rings is 1. The van der Waals surface area contributed by atoms with Gasteiger partial charge in [0, 0.05) is 44.3 Å². The highest BCUT2D eigenvalue weighted by Gasteiger charge is 2.15. The van der Waals surface area contributed by atoms with E-state index >= 15 is 0 Å². The summed E-state index contributed by atoms with van der Waals surface area (Å²) in [6.45, 7) is 4.52. The van der Waals surface area contributed by atoms with Crippen molar-refractivity contribution in [3.8, 4) is 0 Å². The number of hydrogen-bond donors (Lipinski definition) is 2. The Morgan fingerprint density at radius 2 is 2.05 bits per heavy atom. The molecular weight excluding hydrogens is 298 g/mol. The van der Waals surface area contributed by atoms with Crippen LogP contribution in [0.3, 0.4) is 0 Å². The molecule has 1 aromatic carbocycles. The summed E-state index contributed by atoms with van der Waals surface area (Å²) >= 11 is 5.87. The lowest BCUT2D eigenvalue weighted by molar-refractivity contribution is 0.253. The molecule has 1 heterocycles. The number of hydrogen-bond acceptors (Lipinski definition) is 4. The summed E-state index contributed by atoms with van der Waals surface area (Å²) in [6, 6.07) is 7.20. The van der Waals surface area contributed by atoms with Gasteiger partial charge in [-0.05, 0) is 17.7 Å². The summed E-state index contributed by atoms with van der Waals surface area (Å²) in [5.74, 6) is 0.133. The third kappa shape index (κ3) is 5.38. The predicted molar refractivity (Wildman–Crippen MR) is 81.4 cm³/mol. The van der Waals surface area contributed by atoms with Crippen molar-refractivity contribution in [3.63, 3.8) is 0 Å². The summed E-state index contributed by atoms with van der Waals surface area (Å²) < 4.78 is 26.5. The van der Waals surface area contributed by atoms with Crippen LogP contribution in [0.4, 0.5) is 0 Å². The van der Waals surface area contributed by atoms with E-state index in [4.69, 9.17) is 11.6 Å². The minimum absolute atomic E-state index is 0.133. The normalized spacial score (nSPS) is 17.2. The molecule has 20 heavy (non-hydrogen) atoms. The van der Waals surface area contributed by atoms with Crippen LogP contribution in [0.5, 0.6) is 0 Å². The van der Waals surface area contributed by atoms with Gasteiger partial charge in [0.25, 0.3) is 0 Å². The molecule has 0 unspecified atom stereocenters. The monoisotopic (exact) mass is 317 g/mol. The Hall–Kier alpha value is -0.660. The van der Waals surface area contributed by atoms with Gasteiger partial charge in [-0.25, -0.2) is 13.1 Å². The Morgan fingerprint density at radius 1 is 1.30 bits per heavy atom. The summed E-state index contributed by atoms with van der Waals surface area (Å²) in [5, 5.41) is 3.86. The third-order valence-electron chi connectivity index (χ3n) is 3.27. The molecular formula is C13H20ClN3O2S. The van der Waals surface area contributed by atoms with Crippen molar-refractivity contribution in [2.45, 2.75) is 6.54 Å². The number of nitrogens with zero attached hydrogens (tertiary/aromatic N) is 1. The fourth-order valence-corrected chi connectivity index (χ4v) is 3.34. The average molecular weight is 318 g/mol. The van der Waals surface area contributed by atoms with E-state index in [1.54, 1.807) is 12.1 Å². The van der Waals surface area contributed by atoms with Crippen molar-refractivity contribution in [1.29, 1.82) is 0 Å². The predicted octanol–water partition coefficient (Wildman–Crippen LogP) is 0.665. The summed E-state index contributed by atoms with van der Waals surface area (Å²) in [4.78, 5) is 2.16. The Balaban J connectivity index is 1.78. The Labute approximate surface area is 125 Å². The van der Waals surface area contributed by atoms with Gasteiger partial charge in [-0.3, -0.25) is 4.90 Å². The number of halogens is 1. The van der Waals surface area contributed by atoms with E-state index in [1.165, 1.54) is 0 Å². The maximum atomic E-state index is 11.9. The zero-order valence-electron chi connectivity index (χ0n) is 11.3. The summed E-state index contributed by atoms with van der Waals surface area (Å²) in [5.41, 5.74) is 0.864. The molecule has 2 rings (SSSR count). The molecule has 1 aromatic rings. The standard InChI is InChI=1S/C13H20ClN3O2S/c14-13-3-1-2-12(10-13)11-16-20(18,19)9-8-17-6-4-15-5-7-17/h1-3,10,15-16H,4-9,11H2. The molecule has 7 heteroatoms. The molecule has 0 saturated carbocycles. The molecule has 0 bridgehead atoms. The maximum absolute atomic E-state index is 11.9. The van der Waals surface area contributed by atoms with E-state index in [0.29, 0.717) is 11.6 Å². The van der Waals surface area contributed by atoms with Crippen molar-refractivity contribution in [1.82, 2.24) is 14.9 Å². The van der Waals surface area contributed by atoms with Crippen LogP contribution in [0.15, 0.2) is 24.3 Å². The van der Waals surface area contributed by atoms with Gasteiger partial charge in [-0.15, -0.1) is 0 Å². The van der Waals surface area contributed by atoms with Crippen molar-refractivity contribution >= 4 is 21.6 Å². The number of rotatable bonds is 6. The summed E-state index contributed by atoms with van der Waals surface area (Å²) in [7, 11) is -3.25. The molecule has 5 nitrogen and oxygen atoms in total. The molecule has 1 fully saturated rings. The molecule has 0 aliphatic carbocycles. The number of nitrogens with one attached hydrogen (secondary N) is 2. The zero-order chi connectivity index (χ0) is 14.4. The second-order valence-electron chi connectivity index (χ2n) is 4.86. The first kappa shape index (κ1) is 15.7. The van der Waals surface area contributed by atoms with Gasteiger partial charge in [0.2, 0.25) is 10.0 Å².